The highest BCUT2D eigenvalue weighted by atomic mass is 127. The van der Waals surface area contributed by atoms with Crippen LogP contribution in [0.5, 0.6) is 17.4 Å². The molecule has 0 radical (unpaired) electrons. The molecule has 0 fully saturated rings. The van der Waals surface area contributed by atoms with Crippen LogP contribution in [0.4, 0.5) is 5.69 Å². The molecule has 0 saturated heterocycles. The van der Waals surface area contributed by atoms with Crippen molar-refractivity contribution in [1.29, 1.82) is 0 Å². The molecule has 3 aromatic rings. The van der Waals surface area contributed by atoms with Crippen molar-refractivity contribution >= 4 is 56.0 Å². The number of nitrogens with one attached hydrogen (secondary N) is 1. The Balaban J connectivity index is 1.88. The van der Waals surface area contributed by atoms with Crippen LogP contribution < -0.4 is 14.8 Å². The van der Waals surface area contributed by atoms with E-state index in [-0.39, 0.29) is 5.75 Å². The second-order valence-electron chi connectivity index (χ2n) is 5.84. The molecule has 2 heterocycles. The fraction of sp³-hybridized carbons (Fsp3) is 0.167. The lowest BCUT2D eigenvalue weighted by Crippen LogP contribution is -2.17. The summed E-state index contributed by atoms with van der Waals surface area (Å²) in [5.74, 6) is 0.855. The van der Waals surface area contributed by atoms with Crippen LogP contribution in [0, 0.1) is 3.57 Å². The second kappa shape index (κ2) is 7.91. The van der Waals surface area contributed by atoms with Gasteiger partial charge in [-0.1, -0.05) is 27.7 Å². The zero-order valence-electron chi connectivity index (χ0n) is 14.7. The molecule has 144 valence electrons. The number of methoxy groups -OCH3 is 1. The number of aromatic hydroxyl groups is 1. The number of hydrogen-bond donors (Lipinski definition) is 2. The number of halogens is 2. The van der Waals surface area contributed by atoms with Crippen LogP contribution in [0.1, 0.15) is 11.8 Å². The second-order valence-corrected chi connectivity index (χ2v) is 8.69. The van der Waals surface area contributed by atoms with Gasteiger partial charge in [0.05, 0.1) is 10.7 Å². The molecule has 2 aromatic carbocycles. The maximum atomic E-state index is 10.2. The normalized spacial score (nSPS) is 14.9. The molecule has 1 aliphatic rings. The van der Waals surface area contributed by atoms with Crippen LogP contribution in [0.2, 0.25) is 0 Å². The Bertz CT molecular complexity index is 1070. The van der Waals surface area contributed by atoms with E-state index in [9.17, 15) is 5.11 Å². The fourth-order valence-electron chi connectivity index (χ4n) is 2.81. The minimum Gasteiger partial charge on any atom is -0.504 e. The highest BCUT2D eigenvalue weighted by Crippen LogP contribution is 2.42. The zero-order chi connectivity index (χ0) is 19.8. The third-order valence-electron chi connectivity index (χ3n) is 4.14. The first-order chi connectivity index (χ1) is 13.5. The summed E-state index contributed by atoms with van der Waals surface area (Å²) in [5, 5.41) is 22.6. The van der Waals surface area contributed by atoms with Crippen molar-refractivity contribution in [1.82, 2.24) is 15.2 Å². The maximum absolute atomic E-state index is 10.2. The predicted octanol–water partition coefficient (Wildman–Crippen LogP) is 4.84. The number of phenols is 1. The summed E-state index contributed by atoms with van der Waals surface area (Å²) in [6.45, 7) is 0. The molecule has 28 heavy (non-hydrogen) atoms. The molecule has 0 spiro atoms. The predicted molar refractivity (Wildman–Crippen MR) is 119 cm³/mol. The Morgan fingerprint density at radius 1 is 1.29 bits per heavy atom. The molecular weight excluding hydrogens is 559 g/mol. The summed E-state index contributed by atoms with van der Waals surface area (Å²) in [7, 11) is 1.51. The van der Waals surface area contributed by atoms with E-state index in [1.54, 1.807) is 6.07 Å². The van der Waals surface area contributed by atoms with Gasteiger partial charge in [0, 0.05) is 21.3 Å². The molecule has 0 bridgehead atoms. The molecule has 1 atom stereocenters. The molecule has 1 aliphatic heterocycles. The van der Waals surface area contributed by atoms with Crippen molar-refractivity contribution in [3.63, 3.8) is 0 Å². The number of hydrogen-bond acceptors (Lipinski definition) is 8. The maximum Gasteiger partial charge on any atom is 0.247 e. The van der Waals surface area contributed by atoms with Gasteiger partial charge in [-0.2, -0.15) is 4.98 Å². The van der Waals surface area contributed by atoms with Crippen molar-refractivity contribution < 1.29 is 14.6 Å². The van der Waals surface area contributed by atoms with Crippen molar-refractivity contribution in [2.24, 2.45) is 0 Å². The summed E-state index contributed by atoms with van der Waals surface area (Å²) in [5.41, 5.74) is 3.01. The SMILES string of the molecule is COc1cc([C@H]2Nc3ccc(Br)cc3-c3nnc(SC)nc3O2)cc(I)c1O. The lowest BCUT2D eigenvalue weighted by Gasteiger charge is -2.20. The monoisotopic (exact) mass is 572 g/mol. The molecule has 0 saturated carbocycles. The van der Waals surface area contributed by atoms with Crippen LogP contribution in [0.3, 0.4) is 0 Å². The summed E-state index contributed by atoms with van der Waals surface area (Å²) >= 11 is 6.96. The summed E-state index contributed by atoms with van der Waals surface area (Å²) in [6, 6.07) is 9.40. The quantitative estimate of drug-likeness (QED) is 0.340. The minimum absolute atomic E-state index is 0.0962. The van der Waals surface area contributed by atoms with Gasteiger partial charge in [0.2, 0.25) is 11.0 Å². The number of fused-ring (bicyclic) bond motifs is 3. The number of aromatic nitrogens is 3. The van der Waals surface area contributed by atoms with Crippen molar-refractivity contribution in [3.05, 3.63) is 43.9 Å². The van der Waals surface area contributed by atoms with E-state index in [0.717, 1.165) is 21.3 Å². The van der Waals surface area contributed by atoms with Crippen LogP contribution in [-0.2, 0) is 0 Å². The lowest BCUT2D eigenvalue weighted by molar-refractivity contribution is 0.224. The standard InChI is InChI=1S/C18H14BrIN4O3S/c1-26-13-6-8(5-11(20)15(13)25)16-21-12-4-3-9(19)7-10(12)14-17(27-16)22-18(28-2)24-23-14/h3-7,16,21,25H,1-2H3/t16-/m0/s1. The van der Waals surface area contributed by atoms with E-state index in [0.29, 0.717) is 26.1 Å². The van der Waals surface area contributed by atoms with Gasteiger partial charge >= 0.3 is 0 Å². The van der Waals surface area contributed by atoms with E-state index in [1.165, 1.54) is 18.9 Å². The van der Waals surface area contributed by atoms with E-state index in [1.807, 2.05) is 30.5 Å². The van der Waals surface area contributed by atoms with Gasteiger partial charge in [0.15, 0.2) is 23.4 Å². The first-order valence-corrected chi connectivity index (χ1v) is 11.2. The largest absolute Gasteiger partial charge is 0.504 e. The van der Waals surface area contributed by atoms with Crippen LogP contribution in [-0.4, -0.2) is 33.7 Å². The highest BCUT2D eigenvalue weighted by molar-refractivity contribution is 14.1. The van der Waals surface area contributed by atoms with Gasteiger partial charge in [0.25, 0.3) is 0 Å². The van der Waals surface area contributed by atoms with E-state index < -0.39 is 6.23 Å². The molecule has 7 nitrogen and oxygen atoms in total. The third-order valence-corrected chi connectivity index (χ3v) is 6.00. The van der Waals surface area contributed by atoms with Gasteiger partial charge in [-0.3, -0.25) is 0 Å². The van der Waals surface area contributed by atoms with Crippen LogP contribution >= 0.6 is 50.3 Å². The number of thioether (sulfide) groups is 1. The summed E-state index contributed by atoms with van der Waals surface area (Å²) in [6.07, 6.45) is 1.32. The molecule has 0 amide bonds. The first-order valence-electron chi connectivity index (χ1n) is 8.08. The molecule has 2 N–H and O–H groups in total. The van der Waals surface area contributed by atoms with Gasteiger partial charge in [0.1, 0.15) is 0 Å². The Kier molecular flexibility index (Phi) is 5.52. The van der Waals surface area contributed by atoms with Crippen molar-refractivity contribution in [2.75, 3.05) is 18.7 Å². The fourth-order valence-corrected chi connectivity index (χ4v) is 4.09. The summed E-state index contributed by atoms with van der Waals surface area (Å²) < 4.78 is 13.1. The average molecular weight is 573 g/mol. The van der Waals surface area contributed by atoms with E-state index in [2.05, 4.69) is 59.0 Å². The molecule has 10 heteroatoms. The number of anilines is 1. The average Bonchev–Trinajstić information content (AvgIpc) is 2.86. The lowest BCUT2D eigenvalue weighted by atomic mass is 10.1. The number of phenolic OH excluding ortho intramolecular Hbond substituents is 1. The van der Waals surface area contributed by atoms with Gasteiger partial charge in [-0.05, 0) is 59.2 Å². The molecule has 0 unspecified atom stereocenters. The van der Waals surface area contributed by atoms with Gasteiger partial charge < -0.3 is 19.9 Å². The third kappa shape index (κ3) is 3.60. The number of benzene rings is 2. The van der Waals surface area contributed by atoms with Gasteiger partial charge in [-0.15, -0.1) is 10.2 Å². The van der Waals surface area contributed by atoms with Crippen molar-refractivity contribution in [2.45, 2.75) is 11.4 Å². The summed E-state index contributed by atoms with van der Waals surface area (Å²) in [4.78, 5) is 4.51. The molecule has 4 rings (SSSR count). The first kappa shape index (κ1) is 19.5. The highest BCUT2D eigenvalue weighted by Gasteiger charge is 2.27. The molecule has 1 aromatic heterocycles. The Morgan fingerprint density at radius 2 is 2.11 bits per heavy atom. The van der Waals surface area contributed by atoms with Crippen LogP contribution in [0.25, 0.3) is 11.3 Å². The Morgan fingerprint density at radius 3 is 2.86 bits per heavy atom. The van der Waals surface area contributed by atoms with E-state index >= 15 is 0 Å². The Hall–Kier alpha value is -1.79. The Labute approximate surface area is 187 Å². The van der Waals surface area contributed by atoms with Crippen molar-refractivity contribution in [3.8, 4) is 28.6 Å². The smallest absolute Gasteiger partial charge is 0.247 e. The molecule has 0 aliphatic carbocycles. The topological polar surface area (TPSA) is 89.4 Å². The minimum atomic E-state index is -0.560. The zero-order valence-corrected chi connectivity index (χ0v) is 19.3. The number of rotatable bonds is 3. The van der Waals surface area contributed by atoms with Crippen LogP contribution in [0.15, 0.2) is 40.0 Å². The molecular formula is C18H14BrIN4O3S. The van der Waals surface area contributed by atoms with E-state index in [4.69, 9.17) is 9.47 Å². The number of ether oxygens (including phenoxy) is 2. The van der Waals surface area contributed by atoms with Gasteiger partial charge in [-0.25, -0.2) is 0 Å². The number of nitrogens with zero attached hydrogens (tertiary/aromatic N) is 3.